The molecule has 0 aliphatic carbocycles. The van der Waals surface area contributed by atoms with Crippen LogP contribution in [0.25, 0.3) is 11.1 Å². The predicted octanol–water partition coefficient (Wildman–Crippen LogP) is 5.41. The summed E-state index contributed by atoms with van der Waals surface area (Å²) in [4.78, 5) is 15.9. The van der Waals surface area contributed by atoms with Gasteiger partial charge in [0.05, 0.1) is 13.0 Å². The molecular weight excluding hydrogens is 362 g/mol. The van der Waals surface area contributed by atoms with Gasteiger partial charge in [-0.15, -0.1) is 0 Å². The molecule has 1 aromatic heterocycles. The van der Waals surface area contributed by atoms with Crippen molar-refractivity contribution >= 4 is 5.97 Å². The van der Waals surface area contributed by atoms with Gasteiger partial charge in [0.1, 0.15) is 0 Å². The largest absolute Gasteiger partial charge is 0.481 e. The van der Waals surface area contributed by atoms with Crippen molar-refractivity contribution in [2.24, 2.45) is 5.92 Å². The van der Waals surface area contributed by atoms with Crippen LogP contribution in [0.5, 0.6) is 5.88 Å². The minimum absolute atomic E-state index is 0.309. The van der Waals surface area contributed by atoms with Crippen LogP contribution in [0.4, 0.5) is 0 Å². The third kappa shape index (κ3) is 5.92. The Morgan fingerprint density at radius 2 is 1.66 bits per heavy atom. The summed E-state index contributed by atoms with van der Waals surface area (Å²) in [6.45, 7) is 0. The van der Waals surface area contributed by atoms with E-state index in [4.69, 9.17) is 4.74 Å². The monoisotopic (exact) mass is 389 g/mol. The summed E-state index contributed by atoms with van der Waals surface area (Å²) < 4.78 is 5.33. The van der Waals surface area contributed by atoms with Crippen LogP contribution in [0, 0.1) is 5.92 Å². The third-order valence-electron chi connectivity index (χ3n) is 5.22. The highest BCUT2D eigenvalue weighted by Gasteiger charge is 2.17. The van der Waals surface area contributed by atoms with Crippen molar-refractivity contribution in [3.8, 4) is 17.0 Å². The molecule has 1 atom stereocenters. The van der Waals surface area contributed by atoms with Crippen LogP contribution in [-0.4, -0.2) is 23.2 Å². The zero-order valence-electron chi connectivity index (χ0n) is 16.8. The van der Waals surface area contributed by atoms with Crippen molar-refractivity contribution in [2.75, 3.05) is 7.11 Å². The third-order valence-corrected chi connectivity index (χ3v) is 5.22. The molecule has 0 radical (unpaired) electrons. The normalized spacial score (nSPS) is 11.8. The van der Waals surface area contributed by atoms with Crippen molar-refractivity contribution in [3.05, 3.63) is 84.1 Å². The molecule has 0 fully saturated rings. The van der Waals surface area contributed by atoms with Gasteiger partial charge in [-0.2, -0.15) is 0 Å². The first-order valence-corrected chi connectivity index (χ1v) is 10.0. The van der Waals surface area contributed by atoms with Crippen LogP contribution < -0.4 is 4.74 Å². The first-order chi connectivity index (χ1) is 14.2. The molecule has 2 aromatic carbocycles. The van der Waals surface area contributed by atoms with Gasteiger partial charge >= 0.3 is 5.97 Å². The van der Waals surface area contributed by atoms with E-state index in [1.807, 2.05) is 42.5 Å². The van der Waals surface area contributed by atoms with Crippen LogP contribution in [0.1, 0.15) is 30.4 Å². The smallest absolute Gasteiger partial charge is 0.306 e. The number of carboxylic acids is 1. The van der Waals surface area contributed by atoms with E-state index < -0.39 is 5.97 Å². The van der Waals surface area contributed by atoms with Gasteiger partial charge in [-0.3, -0.25) is 4.79 Å². The molecule has 29 heavy (non-hydrogen) atoms. The van der Waals surface area contributed by atoms with Crippen molar-refractivity contribution in [3.63, 3.8) is 0 Å². The van der Waals surface area contributed by atoms with Gasteiger partial charge in [0.15, 0.2) is 0 Å². The van der Waals surface area contributed by atoms with Gasteiger partial charge in [-0.05, 0) is 60.9 Å². The molecule has 0 saturated heterocycles. The Kier molecular flexibility index (Phi) is 7.40. The van der Waals surface area contributed by atoms with Crippen molar-refractivity contribution in [1.29, 1.82) is 0 Å². The predicted molar refractivity (Wildman–Crippen MR) is 115 cm³/mol. The lowest BCUT2D eigenvalue weighted by Gasteiger charge is -2.13. The fraction of sp³-hybridized carbons (Fsp3) is 0.280. The molecular formula is C25H27NO3. The average Bonchev–Trinajstić information content (AvgIpc) is 2.77. The van der Waals surface area contributed by atoms with Crippen LogP contribution in [0.2, 0.25) is 0 Å². The Morgan fingerprint density at radius 1 is 0.931 bits per heavy atom. The van der Waals surface area contributed by atoms with Gasteiger partial charge in [0.25, 0.3) is 0 Å². The molecule has 150 valence electrons. The lowest BCUT2D eigenvalue weighted by molar-refractivity contribution is -0.142. The summed E-state index contributed by atoms with van der Waals surface area (Å²) in [5.74, 6) is -0.406. The molecule has 0 bridgehead atoms. The highest BCUT2D eigenvalue weighted by molar-refractivity contribution is 5.70. The van der Waals surface area contributed by atoms with E-state index in [0.717, 1.165) is 36.0 Å². The maximum absolute atomic E-state index is 11.7. The van der Waals surface area contributed by atoms with Crippen LogP contribution in [0.15, 0.2) is 72.9 Å². The van der Waals surface area contributed by atoms with Gasteiger partial charge in [0, 0.05) is 11.8 Å². The number of methoxy groups -OCH3 is 1. The van der Waals surface area contributed by atoms with E-state index in [9.17, 15) is 9.90 Å². The molecule has 0 saturated carbocycles. The van der Waals surface area contributed by atoms with Crippen molar-refractivity contribution in [2.45, 2.75) is 32.1 Å². The number of hydrogen-bond donors (Lipinski definition) is 1. The SMILES string of the molecule is COc1ncccc1-c1ccc(CCC(CCCc2ccccc2)C(=O)O)cc1. The molecule has 1 N–H and O–H groups in total. The second-order valence-electron chi connectivity index (χ2n) is 7.21. The number of aromatic nitrogens is 1. The second-order valence-corrected chi connectivity index (χ2v) is 7.21. The maximum atomic E-state index is 11.7. The Hall–Kier alpha value is -3.14. The Balaban J connectivity index is 1.55. The summed E-state index contributed by atoms with van der Waals surface area (Å²) in [6.07, 6.45) is 5.63. The minimum Gasteiger partial charge on any atom is -0.481 e. The first kappa shape index (κ1) is 20.6. The molecule has 4 nitrogen and oxygen atoms in total. The van der Waals surface area contributed by atoms with E-state index in [2.05, 4.69) is 29.2 Å². The zero-order valence-corrected chi connectivity index (χ0v) is 16.8. The van der Waals surface area contributed by atoms with E-state index in [1.165, 1.54) is 5.56 Å². The van der Waals surface area contributed by atoms with E-state index in [0.29, 0.717) is 18.7 Å². The average molecular weight is 389 g/mol. The quantitative estimate of drug-likeness (QED) is 0.503. The summed E-state index contributed by atoms with van der Waals surface area (Å²) in [6, 6.07) is 22.3. The highest BCUT2D eigenvalue weighted by Crippen LogP contribution is 2.28. The Morgan fingerprint density at radius 3 is 2.34 bits per heavy atom. The number of rotatable bonds is 10. The number of ether oxygens (including phenoxy) is 1. The first-order valence-electron chi connectivity index (χ1n) is 10.0. The van der Waals surface area contributed by atoms with Gasteiger partial charge < -0.3 is 9.84 Å². The Labute approximate surface area is 172 Å². The molecule has 0 spiro atoms. The number of carboxylic acid groups (broad SMARTS) is 1. The minimum atomic E-state index is -0.699. The van der Waals surface area contributed by atoms with Gasteiger partial charge in [0.2, 0.25) is 5.88 Å². The van der Waals surface area contributed by atoms with E-state index in [1.54, 1.807) is 13.3 Å². The number of pyridine rings is 1. The van der Waals surface area contributed by atoms with Crippen LogP contribution >= 0.6 is 0 Å². The number of nitrogens with zero attached hydrogens (tertiary/aromatic N) is 1. The lowest BCUT2D eigenvalue weighted by atomic mass is 9.93. The molecule has 3 aromatic rings. The van der Waals surface area contributed by atoms with Crippen molar-refractivity contribution in [1.82, 2.24) is 4.98 Å². The molecule has 0 amide bonds. The summed E-state index contributed by atoms with van der Waals surface area (Å²) in [5, 5.41) is 9.58. The number of aryl methyl sites for hydroxylation is 2. The highest BCUT2D eigenvalue weighted by atomic mass is 16.5. The fourth-order valence-electron chi connectivity index (χ4n) is 3.55. The van der Waals surface area contributed by atoms with Crippen LogP contribution in [-0.2, 0) is 17.6 Å². The van der Waals surface area contributed by atoms with E-state index >= 15 is 0 Å². The van der Waals surface area contributed by atoms with E-state index in [-0.39, 0.29) is 5.92 Å². The molecule has 0 aliphatic rings. The number of benzene rings is 2. The summed E-state index contributed by atoms with van der Waals surface area (Å²) >= 11 is 0. The van der Waals surface area contributed by atoms with Gasteiger partial charge in [-0.1, -0.05) is 54.6 Å². The molecule has 4 heteroatoms. The van der Waals surface area contributed by atoms with Gasteiger partial charge in [-0.25, -0.2) is 4.98 Å². The lowest BCUT2D eigenvalue weighted by Crippen LogP contribution is -2.15. The van der Waals surface area contributed by atoms with Crippen molar-refractivity contribution < 1.29 is 14.6 Å². The second kappa shape index (κ2) is 10.4. The summed E-state index contributed by atoms with van der Waals surface area (Å²) in [5.41, 5.74) is 4.39. The maximum Gasteiger partial charge on any atom is 0.306 e. The standard InChI is InChI=1S/C25H27NO3/c1-29-24-23(11-6-18-26-24)21-15-12-20(13-16-21)14-17-22(25(27)28)10-5-9-19-7-3-2-4-8-19/h2-4,6-8,11-13,15-16,18,22H,5,9-10,14,17H2,1H3,(H,27,28). The number of carbonyl (C=O) groups is 1. The molecule has 0 aliphatic heterocycles. The molecule has 1 heterocycles. The number of hydrogen-bond acceptors (Lipinski definition) is 3. The summed E-state index contributed by atoms with van der Waals surface area (Å²) in [7, 11) is 1.62. The topological polar surface area (TPSA) is 59.4 Å². The van der Waals surface area contributed by atoms with Crippen LogP contribution in [0.3, 0.4) is 0 Å². The molecule has 3 rings (SSSR count). The fourth-order valence-corrected chi connectivity index (χ4v) is 3.55. The Bertz CT molecular complexity index is 907. The molecule has 1 unspecified atom stereocenters. The number of aliphatic carboxylic acids is 1. The zero-order chi connectivity index (χ0) is 20.5.